The highest BCUT2D eigenvalue weighted by molar-refractivity contribution is 7.71. The molecule has 1 fully saturated rings. The van der Waals surface area contributed by atoms with Crippen LogP contribution in [0, 0.1) is 10.7 Å². The number of aromatic nitrogens is 3. The molecule has 1 aliphatic heterocycles. The molecular weight excluding hydrogens is 400 g/mol. The normalized spacial score (nSPS) is 17.0. The number of nitrogens with one attached hydrogen (secondary N) is 1. The molecule has 0 saturated carbocycles. The second-order valence-electron chi connectivity index (χ2n) is 6.91. The molecule has 0 spiro atoms. The molecule has 152 valence electrons. The van der Waals surface area contributed by atoms with Gasteiger partial charge in [-0.3, -0.25) is 5.10 Å². The number of ether oxygens (including phenoxy) is 3. The van der Waals surface area contributed by atoms with Crippen LogP contribution in [-0.4, -0.2) is 40.9 Å². The molecule has 0 aliphatic carbocycles. The first-order chi connectivity index (χ1) is 13.5. The number of H-pyrrole nitrogens is 1. The van der Waals surface area contributed by atoms with Gasteiger partial charge in [-0.25, -0.2) is 0 Å². The number of aromatic amines is 1. The molecule has 1 unspecified atom stereocenters. The topological polar surface area (TPSA) is 73.7 Å². The molecular formula is C19H25ClN4O3S. The number of halogens is 1. The Hall–Kier alpha value is -1.90. The van der Waals surface area contributed by atoms with Gasteiger partial charge >= 0.3 is 0 Å². The lowest BCUT2D eigenvalue weighted by molar-refractivity contribution is 0.102. The fourth-order valence-electron chi connectivity index (χ4n) is 2.85. The van der Waals surface area contributed by atoms with Crippen molar-refractivity contribution in [3.8, 4) is 11.5 Å². The van der Waals surface area contributed by atoms with Crippen LogP contribution in [0.25, 0.3) is 0 Å². The van der Waals surface area contributed by atoms with Gasteiger partial charge in [0.1, 0.15) is 6.10 Å². The van der Waals surface area contributed by atoms with E-state index in [1.807, 2.05) is 13.0 Å². The molecule has 1 atom stereocenters. The second-order valence-corrected chi connectivity index (χ2v) is 7.71. The highest BCUT2D eigenvalue weighted by Gasteiger charge is 2.23. The van der Waals surface area contributed by atoms with Gasteiger partial charge in [0.25, 0.3) is 0 Å². The number of hydrogen-bond donors (Lipinski definition) is 1. The van der Waals surface area contributed by atoms with Crippen LogP contribution in [0.2, 0.25) is 5.02 Å². The van der Waals surface area contributed by atoms with Crippen molar-refractivity contribution in [2.45, 2.75) is 39.7 Å². The van der Waals surface area contributed by atoms with Crippen LogP contribution < -0.4 is 9.47 Å². The molecule has 2 heterocycles. The molecule has 1 saturated heterocycles. The molecule has 0 radical (unpaired) electrons. The Labute approximate surface area is 174 Å². The maximum Gasteiger partial charge on any atom is 0.216 e. The lowest BCUT2D eigenvalue weighted by Gasteiger charge is -2.15. The van der Waals surface area contributed by atoms with Crippen molar-refractivity contribution in [1.29, 1.82) is 0 Å². The van der Waals surface area contributed by atoms with E-state index in [0.29, 0.717) is 46.2 Å². The number of rotatable bonds is 8. The molecule has 3 rings (SSSR count). The van der Waals surface area contributed by atoms with Crippen molar-refractivity contribution in [3.05, 3.63) is 33.3 Å². The molecule has 1 N–H and O–H groups in total. The predicted molar refractivity (Wildman–Crippen MR) is 111 cm³/mol. The Morgan fingerprint density at radius 2 is 2.29 bits per heavy atom. The van der Waals surface area contributed by atoms with Gasteiger partial charge in [0, 0.05) is 6.61 Å². The molecule has 2 aromatic rings. The van der Waals surface area contributed by atoms with Crippen LogP contribution in [0.15, 0.2) is 17.2 Å². The van der Waals surface area contributed by atoms with E-state index >= 15 is 0 Å². The first kappa shape index (κ1) is 20.8. The van der Waals surface area contributed by atoms with Crippen LogP contribution in [0.3, 0.4) is 0 Å². The Morgan fingerprint density at radius 1 is 1.46 bits per heavy atom. The van der Waals surface area contributed by atoms with Gasteiger partial charge in [-0.15, -0.1) is 0 Å². The first-order valence-electron chi connectivity index (χ1n) is 9.42. The van der Waals surface area contributed by atoms with E-state index in [4.69, 9.17) is 38.0 Å². The van der Waals surface area contributed by atoms with E-state index in [-0.39, 0.29) is 6.10 Å². The summed E-state index contributed by atoms with van der Waals surface area (Å²) in [5.41, 5.74) is 0.770. The van der Waals surface area contributed by atoms with Gasteiger partial charge in [-0.1, -0.05) is 25.4 Å². The van der Waals surface area contributed by atoms with Crippen LogP contribution >= 0.6 is 23.8 Å². The van der Waals surface area contributed by atoms with E-state index in [9.17, 15) is 0 Å². The summed E-state index contributed by atoms with van der Waals surface area (Å²) in [6.07, 6.45) is 3.47. The summed E-state index contributed by atoms with van der Waals surface area (Å²) in [6, 6.07) is 3.64. The quantitative estimate of drug-likeness (QED) is 0.488. The minimum Gasteiger partial charge on any atom is -0.490 e. The summed E-state index contributed by atoms with van der Waals surface area (Å²) in [7, 11) is 0. The van der Waals surface area contributed by atoms with Gasteiger partial charge < -0.3 is 14.2 Å². The lowest BCUT2D eigenvalue weighted by atomic mass is 10.2. The van der Waals surface area contributed by atoms with Gasteiger partial charge in [0.2, 0.25) is 4.77 Å². The van der Waals surface area contributed by atoms with Crippen LogP contribution in [-0.2, 0) is 4.74 Å². The second kappa shape index (κ2) is 9.54. The summed E-state index contributed by atoms with van der Waals surface area (Å²) in [4.78, 5) is 0. The zero-order valence-electron chi connectivity index (χ0n) is 16.3. The highest BCUT2D eigenvalue weighted by Crippen LogP contribution is 2.36. The van der Waals surface area contributed by atoms with Crippen molar-refractivity contribution >= 4 is 30.0 Å². The third-order valence-electron chi connectivity index (χ3n) is 4.11. The standard InChI is InChI=1S/C19H25ClN4O3S/c1-4-25-16-9-13(8-14(20)17(16)27-11-12(2)3)10-21-24-18(22-23-19(24)28)15-6-5-7-26-15/h8-10,12,15H,4-7,11H2,1-3H3,(H,23,28)/b21-10-. The molecule has 28 heavy (non-hydrogen) atoms. The van der Waals surface area contributed by atoms with Crippen molar-refractivity contribution < 1.29 is 14.2 Å². The Kier molecular flexibility index (Phi) is 7.09. The van der Waals surface area contributed by atoms with Crippen LogP contribution in [0.4, 0.5) is 0 Å². The molecule has 0 amide bonds. The van der Waals surface area contributed by atoms with E-state index in [2.05, 4.69) is 29.1 Å². The third-order valence-corrected chi connectivity index (χ3v) is 4.65. The van der Waals surface area contributed by atoms with E-state index < -0.39 is 0 Å². The largest absolute Gasteiger partial charge is 0.490 e. The van der Waals surface area contributed by atoms with E-state index in [1.165, 1.54) is 0 Å². The molecule has 7 nitrogen and oxygen atoms in total. The molecule has 1 aromatic carbocycles. The SMILES string of the molecule is CCOc1cc(/C=N\n2c(C3CCCO3)n[nH]c2=S)cc(Cl)c1OCC(C)C. The summed E-state index contributed by atoms with van der Waals surface area (Å²) < 4.78 is 19.3. The van der Waals surface area contributed by atoms with Crippen molar-refractivity contribution in [3.63, 3.8) is 0 Å². The third kappa shape index (κ3) is 4.92. The van der Waals surface area contributed by atoms with E-state index in [1.54, 1.807) is 17.0 Å². The summed E-state index contributed by atoms with van der Waals surface area (Å²) >= 11 is 11.7. The number of hydrogen-bond acceptors (Lipinski definition) is 6. The number of nitrogens with zero attached hydrogens (tertiary/aromatic N) is 3. The average Bonchev–Trinajstić information content (AvgIpc) is 3.29. The first-order valence-corrected chi connectivity index (χ1v) is 10.2. The van der Waals surface area contributed by atoms with Gasteiger partial charge in [0.05, 0.1) is 24.5 Å². The average molecular weight is 425 g/mol. The van der Waals surface area contributed by atoms with Gasteiger partial charge in [-0.05, 0) is 55.6 Å². The molecule has 1 aromatic heterocycles. The molecule has 1 aliphatic rings. The zero-order chi connectivity index (χ0) is 20.1. The maximum atomic E-state index is 6.45. The van der Waals surface area contributed by atoms with Crippen molar-refractivity contribution in [1.82, 2.24) is 14.9 Å². The van der Waals surface area contributed by atoms with Crippen molar-refractivity contribution in [2.75, 3.05) is 19.8 Å². The zero-order valence-corrected chi connectivity index (χ0v) is 17.8. The highest BCUT2D eigenvalue weighted by atomic mass is 35.5. The summed E-state index contributed by atoms with van der Waals surface area (Å²) in [5.74, 6) is 2.19. The Balaban J connectivity index is 1.88. The number of benzene rings is 1. The Bertz CT molecular complexity index is 888. The summed E-state index contributed by atoms with van der Waals surface area (Å²) in [6.45, 7) is 7.86. The fourth-order valence-corrected chi connectivity index (χ4v) is 3.30. The smallest absolute Gasteiger partial charge is 0.216 e. The molecule has 0 bridgehead atoms. The van der Waals surface area contributed by atoms with E-state index in [0.717, 1.165) is 25.0 Å². The lowest BCUT2D eigenvalue weighted by Crippen LogP contribution is -2.07. The maximum absolute atomic E-state index is 6.45. The summed E-state index contributed by atoms with van der Waals surface area (Å²) in [5, 5.41) is 12.0. The van der Waals surface area contributed by atoms with Crippen LogP contribution in [0.5, 0.6) is 11.5 Å². The Morgan fingerprint density at radius 3 is 2.96 bits per heavy atom. The van der Waals surface area contributed by atoms with Gasteiger partial charge in [-0.2, -0.15) is 14.9 Å². The minimum atomic E-state index is -0.0977. The fraction of sp³-hybridized carbons (Fsp3) is 0.526. The van der Waals surface area contributed by atoms with Crippen molar-refractivity contribution in [2.24, 2.45) is 11.0 Å². The van der Waals surface area contributed by atoms with Crippen LogP contribution in [0.1, 0.15) is 51.1 Å². The predicted octanol–water partition coefficient (Wildman–Crippen LogP) is 4.76. The van der Waals surface area contributed by atoms with Gasteiger partial charge in [0.15, 0.2) is 17.3 Å². The monoisotopic (exact) mass is 424 g/mol. The molecule has 9 heteroatoms. The minimum absolute atomic E-state index is 0.0977.